The molecule has 3 rings (SSSR count). The number of aromatic nitrogens is 2. The Morgan fingerprint density at radius 3 is 2.80 bits per heavy atom. The lowest BCUT2D eigenvalue weighted by Gasteiger charge is -2.21. The van der Waals surface area contributed by atoms with Crippen molar-refractivity contribution >= 4 is 17.6 Å². The Bertz CT molecular complexity index is 697. The Labute approximate surface area is 117 Å². The SMILES string of the molecule is O=C(O)c1cc(-c2c(Cl)c(O)cc3c2OCCO3)n[nH]1. The molecule has 1 aliphatic rings. The van der Waals surface area contributed by atoms with E-state index in [0.717, 1.165) is 0 Å². The molecule has 0 aliphatic carbocycles. The number of phenols is 1. The predicted molar refractivity (Wildman–Crippen MR) is 68.6 cm³/mol. The molecule has 1 aliphatic heterocycles. The molecule has 20 heavy (non-hydrogen) atoms. The maximum absolute atomic E-state index is 10.9. The number of carbonyl (C=O) groups is 1. The number of H-pyrrole nitrogens is 1. The second kappa shape index (κ2) is 4.61. The summed E-state index contributed by atoms with van der Waals surface area (Å²) in [5.74, 6) is -0.660. The molecule has 0 atom stereocenters. The van der Waals surface area contributed by atoms with E-state index in [4.69, 9.17) is 26.2 Å². The fourth-order valence-corrected chi connectivity index (χ4v) is 2.18. The van der Waals surface area contributed by atoms with E-state index in [9.17, 15) is 9.90 Å². The molecular weight excluding hydrogens is 288 g/mol. The number of aromatic amines is 1. The molecule has 0 fully saturated rings. The zero-order valence-electron chi connectivity index (χ0n) is 10.0. The Morgan fingerprint density at radius 1 is 1.35 bits per heavy atom. The summed E-state index contributed by atoms with van der Waals surface area (Å²) in [6, 6.07) is 2.66. The van der Waals surface area contributed by atoms with E-state index in [0.29, 0.717) is 30.3 Å². The number of aromatic hydroxyl groups is 1. The van der Waals surface area contributed by atoms with E-state index in [2.05, 4.69) is 10.2 Å². The van der Waals surface area contributed by atoms with Crippen LogP contribution in [0.4, 0.5) is 0 Å². The third-order valence-electron chi connectivity index (χ3n) is 2.81. The highest BCUT2D eigenvalue weighted by Crippen LogP contribution is 2.48. The normalized spacial score (nSPS) is 13.2. The van der Waals surface area contributed by atoms with Gasteiger partial charge in [0.15, 0.2) is 11.5 Å². The predicted octanol–water partition coefficient (Wildman–Crippen LogP) is 1.91. The summed E-state index contributed by atoms with van der Waals surface area (Å²) in [5.41, 5.74) is 0.458. The standard InChI is InChI=1S/C12H9ClN2O5/c13-10-7(16)4-8-11(20-2-1-19-8)9(10)5-3-6(12(17)18)15-14-5/h3-4,16H,1-2H2,(H,14,15)(H,17,18). The second-order valence-corrected chi connectivity index (χ2v) is 4.46. The van der Waals surface area contributed by atoms with E-state index in [1.54, 1.807) is 0 Å². The van der Waals surface area contributed by atoms with Crippen LogP contribution < -0.4 is 9.47 Å². The van der Waals surface area contributed by atoms with E-state index in [1.807, 2.05) is 0 Å². The number of rotatable bonds is 2. The van der Waals surface area contributed by atoms with Gasteiger partial charge in [-0.05, 0) is 6.07 Å². The number of hydrogen-bond acceptors (Lipinski definition) is 5. The molecule has 0 saturated heterocycles. The number of carboxylic acid groups (broad SMARTS) is 1. The first-order chi connectivity index (χ1) is 9.58. The van der Waals surface area contributed by atoms with Crippen molar-refractivity contribution in [1.29, 1.82) is 0 Å². The fourth-order valence-electron chi connectivity index (χ4n) is 1.94. The third kappa shape index (κ3) is 1.92. The first-order valence-corrected chi connectivity index (χ1v) is 6.06. The Morgan fingerprint density at radius 2 is 2.10 bits per heavy atom. The third-order valence-corrected chi connectivity index (χ3v) is 3.20. The molecule has 0 bridgehead atoms. The van der Waals surface area contributed by atoms with Gasteiger partial charge in [-0.3, -0.25) is 5.10 Å². The largest absolute Gasteiger partial charge is 0.506 e. The lowest BCUT2D eigenvalue weighted by molar-refractivity contribution is 0.0690. The molecule has 2 aromatic rings. The van der Waals surface area contributed by atoms with Crippen LogP contribution in [0.2, 0.25) is 5.02 Å². The number of aromatic carboxylic acids is 1. The molecule has 7 nitrogen and oxygen atoms in total. The van der Waals surface area contributed by atoms with Gasteiger partial charge < -0.3 is 19.7 Å². The van der Waals surface area contributed by atoms with Crippen LogP contribution in [0.3, 0.4) is 0 Å². The molecule has 2 heterocycles. The van der Waals surface area contributed by atoms with Crippen LogP contribution in [-0.2, 0) is 0 Å². The Hall–Kier alpha value is -2.41. The zero-order chi connectivity index (χ0) is 14.3. The van der Waals surface area contributed by atoms with Crippen molar-refractivity contribution in [3.63, 3.8) is 0 Å². The second-order valence-electron chi connectivity index (χ2n) is 4.08. The topological polar surface area (TPSA) is 105 Å². The minimum Gasteiger partial charge on any atom is -0.506 e. The molecule has 104 valence electrons. The van der Waals surface area contributed by atoms with Gasteiger partial charge in [0, 0.05) is 6.07 Å². The van der Waals surface area contributed by atoms with Crippen LogP contribution in [0.15, 0.2) is 12.1 Å². The van der Waals surface area contributed by atoms with E-state index in [1.165, 1.54) is 12.1 Å². The minimum absolute atomic E-state index is 0.0256. The smallest absolute Gasteiger partial charge is 0.353 e. The Balaban J connectivity index is 2.20. The highest BCUT2D eigenvalue weighted by molar-refractivity contribution is 6.35. The average Bonchev–Trinajstić information content (AvgIpc) is 2.90. The summed E-state index contributed by atoms with van der Waals surface area (Å²) < 4.78 is 10.9. The van der Waals surface area contributed by atoms with Gasteiger partial charge >= 0.3 is 5.97 Å². The summed E-state index contributed by atoms with van der Waals surface area (Å²) >= 11 is 6.07. The van der Waals surface area contributed by atoms with Gasteiger partial charge in [0.1, 0.15) is 24.7 Å². The summed E-state index contributed by atoms with van der Waals surface area (Å²) in [5, 5.41) is 25.0. The molecule has 0 saturated carbocycles. The molecule has 0 unspecified atom stereocenters. The van der Waals surface area contributed by atoms with Gasteiger partial charge in [-0.2, -0.15) is 5.10 Å². The van der Waals surface area contributed by atoms with Crippen molar-refractivity contribution in [2.75, 3.05) is 13.2 Å². The number of nitrogens with zero attached hydrogens (tertiary/aromatic N) is 1. The molecule has 1 aromatic carbocycles. The number of hydrogen-bond donors (Lipinski definition) is 3. The van der Waals surface area contributed by atoms with Crippen molar-refractivity contribution in [2.45, 2.75) is 0 Å². The van der Waals surface area contributed by atoms with Gasteiger partial charge in [0.2, 0.25) is 0 Å². The molecule has 0 amide bonds. The first-order valence-electron chi connectivity index (χ1n) is 5.68. The van der Waals surface area contributed by atoms with Crippen molar-refractivity contribution in [3.05, 3.63) is 22.8 Å². The van der Waals surface area contributed by atoms with Crippen LogP contribution >= 0.6 is 11.6 Å². The maximum atomic E-state index is 10.9. The van der Waals surface area contributed by atoms with Crippen molar-refractivity contribution in [1.82, 2.24) is 10.2 Å². The summed E-state index contributed by atoms with van der Waals surface area (Å²) in [4.78, 5) is 10.9. The quantitative estimate of drug-likeness (QED) is 0.782. The van der Waals surface area contributed by atoms with Gasteiger partial charge in [0.25, 0.3) is 0 Å². The van der Waals surface area contributed by atoms with Crippen LogP contribution in [0.25, 0.3) is 11.3 Å². The van der Waals surface area contributed by atoms with Crippen molar-refractivity contribution in [2.24, 2.45) is 0 Å². The van der Waals surface area contributed by atoms with Crippen molar-refractivity contribution < 1.29 is 24.5 Å². The monoisotopic (exact) mass is 296 g/mol. The van der Waals surface area contributed by atoms with Crippen LogP contribution in [0.5, 0.6) is 17.2 Å². The van der Waals surface area contributed by atoms with Gasteiger partial charge in [-0.1, -0.05) is 11.6 Å². The van der Waals surface area contributed by atoms with Crippen LogP contribution in [0, 0.1) is 0 Å². The van der Waals surface area contributed by atoms with E-state index >= 15 is 0 Å². The minimum atomic E-state index is -1.15. The number of ether oxygens (including phenoxy) is 2. The lowest BCUT2D eigenvalue weighted by atomic mass is 10.1. The Kier molecular flexibility index (Phi) is 2.90. The zero-order valence-corrected chi connectivity index (χ0v) is 10.8. The molecular formula is C12H9ClN2O5. The molecule has 8 heteroatoms. The summed E-state index contributed by atoms with van der Waals surface area (Å²) in [6.07, 6.45) is 0. The summed E-state index contributed by atoms with van der Waals surface area (Å²) in [6.45, 7) is 0.686. The van der Waals surface area contributed by atoms with E-state index in [-0.39, 0.29) is 22.2 Å². The highest BCUT2D eigenvalue weighted by Gasteiger charge is 2.25. The molecule has 0 spiro atoms. The van der Waals surface area contributed by atoms with Gasteiger partial charge in [-0.15, -0.1) is 0 Å². The lowest BCUT2D eigenvalue weighted by Crippen LogP contribution is -2.16. The number of halogens is 1. The number of fused-ring (bicyclic) bond motifs is 1. The van der Waals surface area contributed by atoms with Crippen molar-refractivity contribution in [3.8, 4) is 28.5 Å². The van der Waals surface area contributed by atoms with Crippen LogP contribution in [0.1, 0.15) is 10.5 Å². The molecule has 0 radical (unpaired) electrons. The number of carboxylic acids is 1. The van der Waals surface area contributed by atoms with Gasteiger partial charge in [-0.25, -0.2) is 4.79 Å². The number of benzene rings is 1. The number of phenolic OH excluding ortho intramolecular Hbond substituents is 1. The van der Waals surface area contributed by atoms with Gasteiger partial charge in [0.05, 0.1) is 16.3 Å². The summed E-state index contributed by atoms with van der Waals surface area (Å²) in [7, 11) is 0. The first kappa shape index (κ1) is 12.6. The maximum Gasteiger partial charge on any atom is 0.353 e. The highest BCUT2D eigenvalue weighted by atomic mass is 35.5. The van der Waals surface area contributed by atoms with Crippen LogP contribution in [-0.4, -0.2) is 39.6 Å². The van der Waals surface area contributed by atoms with E-state index < -0.39 is 5.97 Å². The fraction of sp³-hybridized carbons (Fsp3) is 0.167. The number of nitrogens with one attached hydrogen (secondary N) is 1. The molecule has 1 aromatic heterocycles. The average molecular weight is 297 g/mol. The molecule has 3 N–H and O–H groups in total.